The van der Waals surface area contributed by atoms with Crippen molar-refractivity contribution in [2.24, 2.45) is 0 Å². The van der Waals surface area contributed by atoms with E-state index in [-0.39, 0.29) is 0 Å². The normalized spacial score (nSPS) is 14.2. The highest BCUT2D eigenvalue weighted by atomic mass is 32.1. The number of hydrogen-bond acceptors (Lipinski definition) is 4. The third-order valence-electron chi connectivity index (χ3n) is 4.98. The second-order valence-corrected chi connectivity index (χ2v) is 7.70. The molecule has 1 aliphatic heterocycles. The van der Waals surface area contributed by atoms with Gasteiger partial charge in [-0.3, -0.25) is 4.90 Å². The van der Waals surface area contributed by atoms with Crippen LogP contribution in [-0.2, 0) is 6.54 Å². The lowest BCUT2D eigenvalue weighted by Gasteiger charge is -2.26. The monoisotopic (exact) mass is 413 g/mol. The Bertz CT molecular complexity index is 761. The van der Waals surface area contributed by atoms with Gasteiger partial charge in [0.25, 0.3) is 0 Å². The van der Waals surface area contributed by atoms with Gasteiger partial charge in [0.1, 0.15) is 11.5 Å². The molecule has 0 aliphatic carbocycles. The van der Waals surface area contributed by atoms with Gasteiger partial charge in [0, 0.05) is 18.8 Å². The van der Waals surface area contributed by atoms with Crippen molar-refractivity contribution in [2.45, 2.75) is 32.2 Å². The van der Waals surface area contributed by atoms with Gasteiger partial charge in [-0.1, -0.05) is 18.6 Å². The molecule has 2 aromatic rings. The topological polar surface area (TPSA) is 45.8 Å². The first-order valence-corrected chi connectivity index (χ1v) is 10.8. The molecule has 156 valence electrons. The highest BCUT2D eigenvalue weighted by Crippen LogP contribution is 2.18. The lowest BCUT2D eigenvalue weighted by Crippen LogP contribution is -2.30. The molecule has 0 aromatic heterocycles. The van der Waals surface area contributed by atoms with Gasteiger partial charge in [0.2, 0.25) is 0 Å². The van der Waals surface area contributed by atoms with Gasteiger partial charge in [-0.25, -0.2) is 0 Å². The molecule has 29 heavy (non-hydrogen) atoms. The van der Waals surface area contributed by atoms with E-state index < -0.39 is 0 Å². The SMILES string of the molecule is COc1ccc(NC(=S)NCCCOc2cccc(CN3CCCCC3)c2)cc1. The number of nitrogens with zero attached hydrogens (tertiary/aromatic N) is 1. The van der Waals surface area contributed by atoms with Crippen LogP contribution >= 0.6 is 12.2 Å². The van der Waals surface area contributed by atoms with E-state index in [9.17, 15) is 0 Å². The van der Waals surface area contributed by atoms with Gasteiger partial charge >= 0.3 is 0 Å². The van der Waals surface area contributed by atoms with Crippen molar-refractivity contribution in [1.82, 2.24) is 10.2 Å². The molecule has 0 radical (unpaired) electrons. The van der Waals surface area contributed by atoms with Crippen LogP contribution in [0.15, 0.2) is 48.5 Å². The van der Waals surface area contributed by atoms with E-state index in [1.54, 1.807) is 7.11 Å². The van der Waals surface area contributed by atoms with E-state index in [0.717, 1.165) is 36.7 Å². The van der Waals surface area contributed by atoms with E-state index >= 15 is 0 Å². The molecule has 1 aliphatic rings. The molecule has 2 aromatic carbocycles. The predicted octanol–water partition coefficient (Wildman–Crippen LogP) is 4.44. The average Bonchev–Trinajstić information content (AvgIpc) is 2.75. The molecule has 2 N–H and O–H groups in total. The molecule has 6 heteroatoms. The van der Waals surface area contributed by atoms with E-state index in [2.05, 4.69) is 33.7 Å². The predicted molar refractivity (Wildman–Crippen MR) is 123 cm³/mol. The summed E-state index contributed by atoms with van der Waals surface area (Å²) in [6.45, 7) is 4.85. The third kappa shape index (κ3) is 7.55. The second kappa shape index (κ2) is 11.6. The summed E-state index contributed by atoms with van der Waals surface area (Å²) in [5.74, 6) is 1.77. The molecule has 0 unspecified atom stereocenters. The van der Waals surface area contributed by atoms with Crippen LogP contribution in [0, 0.1) is 0 Å². The van der Waals surface area contributed by atoms with Gasteiger partial charge in [-0.05, 0) is 86.5 Å². The van der Waals surface area contributed by atoms with Crippen LogP contribution in [0.3, 0.4) is 0 Å². The molecule has 1 saturated heterocycles. The molecular formula is C23H31N3O2S. The minimum Gasteiger partial charge on any atom is -0.497 e. The lowest BCUT2D eigenvalue weighted by molar-refractivity contribution is 0.220. The molecule has 1 heterocycles. The molecule has 0 bridgehead atoms. The number of ether oxygens (including phenoxy) is 2. The van der Waals surface area contributed by atoms with Crippen LogP contribution in [0.1, 0.15) is 31.2 Å². The molecule has 0 amide bonds. The fraction of sp³-hybridized carbons (Fsp3) is 0.435. The summed E-state index contributed by atoms with van der Waals surface area (Å²) in [6.07, 6.45) is 4.88. The Morgan fingerprint density at radius 3 is 2.59 bits per heavy atom. The van der Waals surface area contributed by atoms with Crippen molar-refractivity contribution in [1.29, 1.82) is 0 Å². The number of rotatable bonds is 9. The van der Waals surface area contributed by atoms with Crippen molar-refractivity contribution in [3.63, 3.8) is 0 Å². The minimum absolute atomic E-state index is 0.610. The van der Waals surface area contributed by atoms with Crippen LogP contribution in [0.5, 0.6) is 11.5 Å². The Hall–Kier alpha value is -2.31. The molecular weight excluding hydrogens is 382 g/mol. The number of nitrogens with one attached hydrogen (secondary N) is 2. The number of hydrogen-bond donors (Lipinski definition) is 2. The number of anilines is 1. The van der Waals surface area contributed by atoms with Crippen molar-refractivity contribution >= 4 is 23.0 Å². The van der Waals surface area contributed by atoms with Crippen molar-refractivity contribution in [2.75, 3.05) is 38.7 Å². The summed E-state index contributed by atoms with van der Waals surface area (Å²) in [5.41, 5.74) is 2.26. The summed E-state index contributed by atoms with van der Waals surface area (Å²) >= 11 is 5.34. The van der Waals surface area contributed by atoms with Crippen LogP contribution in [0.2, 0.25) is 0 Å². The standard InChI is InChI=1S/C23H31N3O2S/c1-27-21-11-9-20(10-12-21)25-23(29)24-13-6-16-28-22-8-5-7-19(17-22)18-26-14-3-2-4-15-26/h5,7-12,17H,2-4,6,13-16,18H2,1H3,(H2,24,25,29). The summed E-state index contributed by atoms with van der Waals surface area (Å²) in [6, 6.07) is 16.1. The zero-order chi connectivity index (χ0) is 20.3. The van der Waals surface area contributed by atoms with Gasteiger partial charge in [0.05, 0.1) is 13.7 Å². The van der Waals surface area contributed by atoms with Gasteiger partial charge < -0.3 is 20.1 Å². The minimum atomic E-state index is 0.610. The van der Waals surface area contributed by atoms with Crippen molar-refractivity contribution in [3.8, 4) is 11.5 Å². The van der Waals surface area contributed by atoms with Crippen LogP contribution < -0.4 is 20.1 Å². The maximum Gasteiger partial charge on any atom is 0.170 e. The number of methoxy groups -OCH3 is 1. The third-order valence-corrected chi connectivity index (χ3v) is 5.22. The van der Waals surface area contributed by atoms with Gasteiger partial charge in [-0.2, -0.15) is 0 Å². The summed E-state index contributed by atoms with van der Waals surface area (Å²) < 4.78 is 11.1. The quantitative estimate of drug-likeness (QED) is 0.468. The molecule has 5 nitrogen and oxygen atoms in total. The number of likely N-dealkylation sites (tertiary alicyclic amines) is 1. The molecule has 0 spiro atoms. The highest BCUT2D eigenvalue weighted by molar-refractivity contribution is 7.80. The van der Waals surface area contributed by atoms with Gasteiger partial charge in [0.15, 0.2) is 5.11 Å². The van der Waals surface area contributed by atoms with E-state index in [4.69, 9.17) is 21.7 Å². The Balaban J connectivity index is 1.32. The summed E-state index contributed by atoms with van der Waals surface area (Å²) in [7, 11) is 1.65. The Kier molecular flexibility index (Phi) is 8.58. The summed E-state index contributed by atoms with van der Waals surface area (Å²) in [5, 5.41) is 6.99. The van der Waals surface area contributed by atoms with E-state index in [1.807, 2.05) is 30.3 Å². The van der Waals surface area contributed by atoms with E-state index in [1.165, 1.54) is 37.9 Å². The molecule has 3 rings (SSSR count). The molecule has 1 fully saturated rings. The van der Waals surface area contributed by atoms with Crippen LogP contribution in [0.25, 0.3) is 0 Å². The average molecular weight is 414 g/mol. The van der Waals surface area contributed by atoms with Crippen LogP contribution in [0.4, 0.5) is 5.69 Å². The zero-order valence-corrected chi connectivity index (χ0v) is 18.0. The fourth-order valence-electron chi connectivity index (χ4n) is 3.42. The zero-order valence-electron chi connectivity index (χ0n) is 17.2. The molecule has 0 atom stereocenters. The smallest absolute Gasteiger partial charge is 0.170 e. The van der Waals surface area contributed by atoms with Gasteiger partial charge in [-0.15, -0.1) is 0 Å². The Morgan fingerprint density at radius 1 is 1.03 bits per heavy atom. The number of piperidine rings is 1. The lowest BCUT2D eigenvalue weighted by atomic mass is 10.1. The highest BCUT2D eigenvalue weighted by Gasteiger charge is 2.10. The fourth-order valence-corrected chi connectivity index (χ4v) is 3.64. The van der Waals surface area contributed by atoms with Crippen LogP contribution in [-0.4, -0.2) is 43.4 Å². The Morgan fingerprint density at radius 2 is 1.83 bits per heavy atom. The number of benzene rings is 2. The van der Waals surface area contributed by atoms with Crippen molar-refractivity contribution < 1.29 is 9.47 Å². The molecule has 0 saturated carbocycles. The first-order chi connectivity index (χ1) is 14.2. The first-order valence-electron chi connectivity index (χ1n) is 10.4. The largest absolute Gasteiger partial charge is 0.497 e. The van der Waals surface area contributed by atoms with E-state index in [0.29, 0.717) is 11.7 Å². The summed E-state index contributed by atoms with van der Waals surface area (Å²) in [4.78, 5) is 2.53. The number of thiocarbonyl (C=S) groups is 1. The maximum atomic E-state index is 5.93. The Labute approximate surface area is 179 Å². The maximum absolute atomic E-state index is 5.93. The first kappa shape index (κ1) is 21.4. The second-order valence-electron chi connectivity index (χ2n) is 7.30. The van der Waals surface area contributed by atoms with Crippen molar-refractivity contribution in [3.05, 3.63) is 54.1 Å².